The van der Waals surface area contributed by atoms with E-state index < -0.39 is 17.4 Å². The predicted octanol–water partition coefficient (Wildman–Crippen LogP) is 3.83. The van der Waals surface area contributed by atoms with E-state index in [0.29, 0.717) is 34.3 Å². The topological polar surface area (TPSA) is 108 Å². The van der Waals surface area contributed by atoms with Crippen molar-refractivity contribution in [1.82, 2.24) is 0 Å². The number of carbonyl (C=O) groups is 3. The smallest absolute Gasteiger partial charge is 0.339 e. The van der Waals surface area contributed by atoms with Crippen LogP contribution in [0.5, 0.6) is 0 Å². The summed E-state index contributed by atoms with van der Waals surface area (Å²) in [4.78, 5) is 40.2. The van der Waals surface area contributed by atoms with Gasteiger partial charge in [-0.15, -0.1) is 0 Å². The number of nitrogens with two attached hydrogens (primary N) is 1. The van der Waals surface area contributed by atoms with E-state index >= 15 is 0 Å². The van der Waals surface area contributed by atoms with Gasteiger partial charge in [0, 0.05) is 28.6 Å². The number of hydrogen-bond acceptors (Lipinski definition) is 7. The number of nitrogens with one attached hydrogen (secondary N) is 1. The van der Waals surface area contributed by atoms with Gasteiger partial charge in [-0.25, -0.2) is 9.59 Å². The normalized spacial score (nSPS) is 24.0. The summed E-state index contributed by atoms with van der Waals surface area (Å²) in [5.41, 5.74) is 5.28. The number of allylic oxidation sites excluding steroid dienone is 1. The van der Waals surface area contributed by atoms with Gasteiger partial charge in [0.2, 0.25) is 0 Å². The Bertz CT molecular complexity index is 1070. The summed E-state index contributed by atoms with van der Waals surface area (Å²) in [6.07, 6.45) is 2.16. The summed E-state index contributed by atoms with van der Waals surface area (Å²) >= 11 is 3.44. The second-order valence-electron chi connectivity index (χ2n) is 8.97. The molecule has 0 unspecified atom stereocenters. The summed E-state index contributed by atoms with van der Waals surface area (Å²) in [5.74, 6) is -1.36. The Morgan fingerprint density at radius 3 is 2.74 bits per heavy atom. The highest BCUT2D eigenvalue weighted by atomic mass is 79.9. The summed E-state index contributed by atoms with van der Waals surface area (Å²) in [6, 6.07) is 5.26. The van der Waals surface area contributed by atoms with Crippen LogP contribution >= 0.6 is 15.9 Å². The van der Waals surface area contributed by atoms with Crippen molar-refractivity contribution in [3.63, 3.8) is 0 Å². The van der Waals surface area contributed by atoms with Crippen LogP contribution in [-0.4, -0.2) is 24.3 Å². The number of carbonyl (C=O) groups excluding carboxylic acids is 3. The third-order valence-electron chi connectivity index (χ3n) is 5.97. The molecule has 0 saturated carbocycles. The van der Waals surface area contributed by atoms with Gasteiger partial charge < -0.3 is 20.5 Å². The summed E-state index contributed by atoms with van der Waals surface area (Å²) in [7, 11) is 0. The molecule has 1 aliphatic carbocycles. The molecule has 164 valence electrons. The van der Waals surface area contributed by atoms with Crippen LogP contribution in [0.15, 0.2) is 45.4 Å². The van der Waals surface area contributed by atoms with Crippen molar-refractivity contribution >= 4 is 39.3 Å². The standard InChI is InChI=1S/C23H25BrN2O5/c1-4-5-8-30-20(28)18-19(25)26-14-7-6-12(24)9-13(14)23(18)17-15(27)10-22(2,3)11-16(17)31-21(23)29/h6-7,9,26H,4-5,8,10-11,25H2,1-3H3/t23-/m0/s1. The number of rotatable bonds is 4. The number of anilines is 1. The Morgan fingerprint density at radius 2 is 2.03 bits per heavy atom. The van der Waals surface area contributed by atoms with E-state index in [4.69, 9.17) is 15.2 Å². The number of fused-ring (bicyclic) bond motifs is 3. The van der Waals surface area contributed by atoms with Crippen molar-refractivity contribution in [3.05, 3.63) is 51.0 Å². The molecular formula is C23H25BrN2O5. The maximum absolute atomic E-state index is 13.6. The molecule has 0 fully saturated rings. The maximum atomic E-state index is 13.6. The number of benzene rings is 1. The van der Waals surface area contributed by atoms with E-state index in [0.717, 1.165) is 6.42 Å². The van der Waals surface area contributed by atoms with Gasteiger partial charge in [0.1, 0.15) is 17.2 Å². The molecule has 3 aliphatic rings. The molecule has 0 bridgehead atoms. The number of halogens is 1. The molecule has 31 heavy (non-hydrogen) atoms. The largest absolute Gasteiger partial charge is 0.462 e. The monoisotopic (exact) mass is 488 g/mol. The molecule has 0 saturated heterocycles. The average Bonchev–Trinajstić information content (AvgIpc) is 2.94. The van der Waals surface area contributed by atoms with Crippen LogP contribution in [-0.2, 0) is 29.3 Å². The third-order valence-corrected chi connectivity index (χ3v) is 6.46. The van der Waals surface area contributed by atoms with E-state index in [9.17, 15) is 14.4 Å². The van der Waals surface area contributed by atoms with Crippen LogP contribution in [0.3, 0.4) is 0 Å². The second-order valence-corrected chi connectivity index (χ2v) is 9.89. The lowest BCUT2D eigenvalue weighted by Crippen LogP contribution is -2.48. The second kappa shape index (κ2) is 7.51. The van der Waals surface area contributed by atoms with Crippen molar-refractivity contribution in [2.45, 2.75) is 51.9 Å². The SMILES string of the molecule is CCCCOC(=O)C1=C(N)Nc2ccc(Br)cc2[C@@]12C(=O)OC1=C2C(=O)CC(C)(C)C1. The molecule has 0 radical (unpaired) electrons. The minimum absolute atomic E-state index is 0.0142. The van der Waals surface area contributed by atoms with Gasteiger partial charge in [-0.2, -0.15) is 0 Å². The molecule has 2 heterocycles. The fourth-order valence-corrected chi connectivity index (χ4v) is 5.02. The lowest BCUT2D eigenvalue weighted by Gasteiger charge is -2.38. The molecule has 2 aliphatic heterocycles. The molecule has 7 nitrogen and oxygen atoms in total. The Kier molecular flexibility index (Phi) is 5.24. The molecule has 8 heteroatoms. The molecule has 1 aromatic rings. The van der Waals surface area contributed by atoms with Crippen LogP contribution in [0, 0.1) is 5.41 Å². The maximum Gasteiger partial charge on any atom is 0.339 e. The highest BCUT2D eigenvalue weighted by Gasteiger charge is 2.64. The van der Waals surface area contributed by atoms with Crippen molar-refractivity contribution < 1.29 is 23.9 Å². The molecule has 1 aromatic carbocycles. The number of hydrogen-bond donors (Lipinski definition) is 2. The summed E-state index contributed by atoms with van der Waals surface area (Å²) in [6.45, 7) is 6.07. The average molecular weight is 489 g/mol. The van der Waals surface area contributed by atoms with Gasteiger partial charge >= 0.3 is 11.9 Å². The Balaban J connectivity index is 1.98. The number of esters is 2. The van der Waals surface area contributed by atoms with Gasteiger partial charge in [-0.05, 0) is 30.0 Å². The number of Topliss-reactive ketones (excluding diaryl/α,β-unsaturated/α-hetero) is 1. The third kappa shape index (κ3) is 3.28. The number of unbranched alkanes of at least 4 members (excludes halogenated alkanes) is 1. The lowest BCUT2D eigenvalue weighted by atomic mass is 9.62. The number of ketones is 1. The predicted molar refractivity (Wildman–Crippen MR) is 118 cm³/mol. The van der Waals surface area contributed by atoms with Crippen molar-refractivity contribution in [2.24, 2.45) is 11.1 Å². The molecule has 1 spiro atoms. The zero-order valence-corrected chi connectivity index (χ0v) is 19.4. The van der Waals surface area contributed by atoms with Crippen LogP contribution in [0.25, 0.3) is 0 Å². The van der Waals surface area contributed by atoms with Crippen LogP contribution in [0.1, 0.15) is 52.0 Å². The summed E-state index contributed by atoms with van der Waals surface area (Å²) < 4.78 is 11.8. The molecule has 0 amide bonds. The molecule has 1 atom stereocenters. The Hall–Kier alpha value is -2.61. The van der Waals surface area contributed by atoms with Crippen LogP contribution in [0.4, 0.5) is 5.69 Å². The first kappa shape index (κ1) is 21.6. The Labute approximate surface area is 189 Å². The van der Waals surface area contributed by atoms with Crippen LogP contribution in [0.2, 0.25) is 0 Å². The van der Waals surface area contributed by atoms with Crippen molar-refractivity contribution in [1.29, 1.82) is 0 Å². The van der Waals surface area contributed by atoms with E-state index in [1.807, 2.05) is 20.8 Å². The van der Waals surface area contributed by atoms with E-state index in [1.165, 1.54) is 0 Å². The first-order chi connectivity index (χ1) is 14.6. The zero-order chi connectivity index (χ0) is 22.6. The summed E-state index contributed by atoms with van der Waals surface area (Å²) in [5, 5.41) is 3.00. The fraction of sp³-hybridized carbons (Fsp3) is 0.435. The van der Waals surface area contributed by atoms with Crippen molar-refractivity contribution in [2.75, 3.05) is 11.9 Å². The minimum Gasteiger partial charge on any atom is -0.462 e. The lowest BCUT2D eigenvalue weighted by molar-refractivity contribution is -0.146. The van der Waals surface area contributed by atoms with Gasteiger partial charge in [0.25, 0.3) is 0 Å². The first-order valence-electron chi connectivity index (χ1n) is 10.4. The van der Waals surface area contributed by atoms with Gasteiger partial charge in [-0.1, -0.05) is 43.1 Å². The van der Waals surface area contributed by atoms with Gasteiger partial charge in [-0.3, -0.25) is 4.79 Å². The molecule has 3 N–H and O–H groups in total. The fourth-order valence-electron chi connectivity index (χ4n) is 4.66. The highest BCUT2D eigenvalue weighted by molar-refractivity contribution is 9.10. The van der Waals surface area contributed by atoms with Gasteiger partial charge in [0.15, 0.2) is 11.2 Å². The van der Waals surface area contributed by atoms with Gasteiger partial charge in [0.05, 0.1) is 12.2 Å². The molecule has 0 aromatic heterocycles. The van der Waals surface area contributed by atoms with Crippen molar-refractivity contribution in [3.8, 4) is 0 Å². The minimum atomic E-state index is -1.75. The molecular weight excluding hydrogens is 464 g/mol. The number of ether oxygens (including phenoxy) is 2. The zero-order valence-electron chi connectivity index (χ0n) is 17.8. The van der Waals surface area contributed by atoms with E-state index in [1.54, 1.807) is 18.2 Å². The molecule has 4 rings (SSSR count). The first-order valence-corrected chi connectivity index (χ1v) is 11.1. The van der Waals surface area contributed by atoms with E-state index in [-0.39, 0.29) is 41.2 Å². The Morgan fingerprint density at radius 1 is 1.29 bits per heavy atom. The van der Waals surface area contributed by atoms with Crippen LogP contribution < -0.4 is 11.1 Å². The quantitative estimate of drug-likeness (QED) is 0.489. The highest BCUT2D eigenvalue weighted by Crippen LogP contribution is 2.56. The van der Waals surface area contributed by atoms with E-state index in [2.05, 4.69) is 21.2 Å².